The number of sulfone groups is 1. The van der Waals surface area contributed by atoms with Gasteiger partial charge in [-0.05, 0) is 44.0 Å². The molecule has 2 aromatic heterocycles. The van der Waals surface area contributed by atoms with E-state index in [4.69, 9.17) is 20.4 Å². The number of morpholine rings is 1. The summed E-state index contributed by atoms with van der Waals surface area (Å²) in [4.78, 5) is 15.9. The maximum atomic E-state index is 13.5. The zero-order valence-electron chi connectivity index (χ0n) is 17.1. The van der Waals surface area contributed by atoms with Crippen molar-refractivity contribution in [2.24, 2.45) is 0 Å². The van der Waals surface area contributed by atoms with E-state index >= 15 is 0 Å². The first kappa shape index (κ1) is 20.3. The van der Waals surface area contributed by atoms with Crippen molar-refractivity contribution >= 4 is 32.7 Å². The molecule has 0 bridgehead atoms. The Labute approximate surface area is 185 Å². The normalized spacial score (nSPS) is 18.2. The lowest BCUT2D eigenvalue weighted by molar-refractivity contribution is 0.122. The Bertz CT molecular complexity index is 1210. The van der Waals surface area contributed by atoms with Gasteiger partial charge in [-0.15, -0.1) is 11.3 Å². The number of nitrogen functional groups attached to an aromatic ring is 1. The summed E-state index contributed by atoms with van der Waals surface area (Å²) in [5.74, 6) is 1.22. The highest BCUT2D eigenvalue weighted by Gasteiger charge is 2.59. The number of nitrogens with zero attached hydrogens (tertiary/aromatic N) is 4. The predicted molar refractivity (Wildman–Crippen MR) is 120 cm³/mol. The van der Waals surface area contributed by atoms with E-state index in [9.17, 15) is 8.42 Å². The van der Waals surface area contributed by atoms with Crippen LogP contribution >= 0.6 is 11.3 Å². The lowest BCUT2D eigenvalue weighted by atomic mass is 10.1. The Morgan fingerprint density at radius 2 is 1.81 bits per heavy atom. The third-order valence-corrected chi connectivity index (χ3v) is 9.63. The zero-order valence-corrected chi connectivity index (χ0v) is 18.7. The molecule has 3 heterocycles. The van der Waals surface area contributed by atoms with Crippen LogP contribution in [0.25, 0.3) is 11.4 Å². The minimum Gasteiger partial charge on any atom is -0.399 e. The van der Waals surface area contributed by atoms with E-state index in [-0.39, 0.29) is 4.34 Å². The molecule has 8 nitrogen and oxygen atoms in total. The molecule has 0 spiro atoms. The summed E-state index contributed by atoms with van der Waals surface area (Å²) in [6, 6.07) is 9.13. The number of nitrogens with two attached hydrogens (primary N) is 1. The summed E-state index contributed by atoms with van der Waals surface area (Å²) in [7, 11) is -3.66. The van der Waals surface area contributed by atoms with Crippen LogP contribution in [0.1, 0.15) is 24.2 Å². The highest BCUT2D eigenvalue weighted by molar-refractivity contribution is 7.94. The number of rotatable bonds is 5. The molecule has 2 fully saturated rings. The molecule has 3 aromatic rings. The molecule has 1 aliphatic heterocycles. The summed E-state index contributed by atoms with van der Waals surface area (Å²) in [5, 5.41) is 1.77. The Balaban J connectivity index is 1.63. The minimum atomic E-state index is -3.66. The van der Waals surface area contributed by atoms with E-state index < -0.39 is 14.6 Å². The number of anilines is 2. The lowest BCUT2D eigenvalue weighted by Crippen LogP contribution is -2.37. The molecule has 1 saturated heterocycles. The second-order valence-electron chi connectivity index (χ2n) is 7.91. The molecule has 5 rings (SSSR count). The largest absolute Gasteiger partial charge is 0.399 e. The zero-order chi connectivity index (χ0) is 21.6. The molecule has 1 aliphatic carbocycles. The van der Waals surface area contributed by atoms with Crippen molar-refractivity contribution in [3.8, 4) is 11.4 Å². The molecule has 2 aliphatic rings. The fraction of sp³-hybridized carbons (Fsp3) is 0.381. The van der Waals surface area contributed by atoms with E-state index in [0.717, 1.165) is 11.4 Å². The van der Waals surface area contributed by atoms with Gasteiger partial charge in [-0.1, -0.05) is 0 Å². The Kier molecular flexibility index (Phi) is 4.95. The van der Waals surface area contributed by atoms with Crippen LogP contribution in [0.2, 0.25) is 0 Å². The summed E-state index contributed by atoms with van der Waals surface area (Å²) >= 11 is 1.17. The van der Waals surface area contributed by atoms with E-state index in [0.29, 0.717) is 62.0 Å². The van der Waals surface area contributed by atoms with Gasteiger partial charge in [0.05, 0.1) is 18.9 Å². The van der Waals surface area contributed by atoms with Gasteiger partial charge in [0.15, 0.2) is 5.82 Å². The van der Waals surface area contributed by atoms with Gasteiger partial charge >= 0.3 is 0 Å². The van der Waals surface area contributed by atoms with E-state index in [1.165, 1.54) is 11.3 Å². The van der Waals surface area contributed by atoms with Gasteiger partial charge < -0.3 is 15.4 Å². The van der Waals surface area contributed by atoms with Crippen molar-refractivity contribution in [3.63, 3.8) is 0 Å². The van der Waals surface area contributed by atoms with Crippen LogP contribution in [0.4, 0.5) is 11.5 Å². The first-order valence-electron chi connectivity index (χ1n) is 10.1. The molecule has 0 atom stereocenters. The second-order valence-corrected chi connectivity index (χ2v) is 11.2. The van der Waals surface area contributed by atoms with Crippen molar-refractivity contribution in [2.75, 3.05) is 36.9 Å². The predicted octanol–water partition coefficient (Wildman–Crippen LogP) is 2.79. The smallest absolute Gasteiger partial charge is 0.216 e. The van der Waals surface area contributed by atoms with Gasteiger partial charge in [-0.2, -0.15) is 0 Å². The maximum absolute atomic E-state index is 13.5. The third-order valence-electron chi connectivity index (χ3n) is 5.73. The molecule has 31 heavy (non-hydrogen) atoms. The standard InChI is InChI=1S/C21H23N5O3S2/c1-14-13-30-20(23-14)31(27,28)21(6-7-21)17-12-18(26-8-10-29-11-9-26)25-19(24-17)15-2-4-16(22)5-3-15/h2-5,12-13H,6-11,22H2,1H3. The van der Waals surface area contributed by atoms with Gasteiger partial charge in [0.2, 0.25) is 14.2 Å². The summed E-state index contributed by atoms with van der Waals surface area (Å²) in [5.41, 5.74) is 8.52. The number of aromatic nitrogens is 3. The van der Waals surface area contributed by atoms with Crippen LogP contribution in [0.5, 0.6) is 0 Å². The Hall–Kier alpha value is -2.56. The number of aryl methyl sites for hydroxylation is 1. The topological polar surface area (TPSA) is 111 Å². The van der Waals surface area contributed by atoms with Crippen molar-refractivity contribution in [3.05, 3.63) is 47.1 Å². The Morgan fingerprint density at radius 3 is 2.42 bits per heavy atom. The van der Waals surface area contributed by atoms with Gasteiger partial charge in [-0.3, -0.25) is 0 Å². The summed E-state index contributed by atoms with van der Waals surface area (Å²) in [6.45, 7) is 4.42. The van der Waals surface area contributed by atoms with Crippen LogP contribution in [0.15, 0.2) is 40.1 Å². The summed E-state index contributed by atoms with van der Waals surface area (Å²) in [6.07, 6.45) is 1.05. The first-order chi connectivity index (χ1) is 14.9. The number of hydrogen-bond donors (Lipinski definition) is 1. The number of hydrogen-bond acceptors (Lipinski definition) is 9. The van der Waals surface area contributed by atoms with Gasteiger partial charge in [-0.25, -0.2) is 23.4 Å². The Morgan fingerprint density at radius 1 is 1.10 bits per heavy atom. The quantitative estimate of drug-likeness (QED) is 0.582. The van der Waals surface area contributed by atoms with Crippen molar-refractivity contribution in [1.29, 1.82) is 0 Å². The van der Waals surface area contributed by atoms with E-state index in [2.05, 4.69) is 9.88 Å². The minimum absolute atomic E-state index is 0.156. The molecular weight excluding hydrogens is 434 g/mol. The molecular formula is C21H23N5O3S2. The van der Waals surface area contributed by atoms with Crippen LogP contribution in [-0.2, 0) is 19.3 Å². The van der Waals surface area contributed by atoms with Crippen molar-refractivity contribution in [1.82, 2.24) is 15.0 Å². The molecule has 0 amide bonds. The highest BCUT2D eigenvalue weighted by atomic mass is 32.2. The van der Waals surface area contributed by atoms with Crippen LogP contribution < -0.4 is 10.6 Å². The number of thiazole rings is 1. The van der Waals surface area contributed by atoms with Crippen LogP contribution in [0.3, 0.4) is 0 Å². The van der Waals surface area contributed by atoms with E-state index in [1.807, 2.05) is 18.2 Å². The van der Waals surface area contributed by atoms with Crippen LogP contribution in [0, 0.1) is 6.92 Å². The van der Waals surface area contributed by atoms with Gasteiger partial charge in [0, 0.05) is 41.5 Å². The molecule has 10 heteroatoms. The highest BCUT2D eigenvalue weighted by Crippen LogP contribution is 2.55. The molecule has 1 aromatic carbocycles. The van der Waals surface area contributed by atoms with E-state index in [1.54, 1.807) is 24.4 Å². The molecule has 1 saturated carbocycles. The lowest BCUT2D eigenvalue weighted by Gasteiger charge is -2.29. The SMILES string of the molecule is Cc1csc(S(=O)(=O)C2(c3cc(N4CCOCC4)nc(-c4ccc(N)cc4)n3)CC2)n1. The maximum Gasteiger partial charge on any atom is 0.216 e. The average molecular weight is 458 g/mol. The molecule has 2 N–H and O–H groups in total. The third kappa shape index (κ3) is 3.58. The summed E-state index contributed by atoms with van der Waals surface area (Å²) < 4.78 is 31.7. The van der Waals surface area contributed by atoms with Crippen molar-refractivity contribution < 1.29 is 13.2 Å². The van der Waals surface area contributed by atoms with Crippen molar-refractivity contribution in [2.45, 2.75) is 28.9 Å². The molecule has 0 radical (unpaired) electrons. The number of ether oxygens (including phenoxy) is 1. The fourth-order valence-electron chi connectivity index (χ4n) is 3.78. The monoisotopic (exact) mass is 457 g/mol. The molecule has 0 unspecified atom stereocenters. The van der Waals surface area contributed by atoms with Crippen LogP contribution in [-0.4, -0.2) is 49.7 Å². The fourth-order valence-corrected chi connectivity index (χ4v) is 7.05. The van der Waals surface area contributed by atoms with Gasteiger partial charge in [0.25, 0.3) is 0 Å². The van der Waals surface area contributed by atoms with Gasteiger partial charge in [0.1, 0.15) is 10.6 Å². The second kappa shape index (κ2) is 7.54. The molecule has 162 valence electrons. The first-order valence-corrected chi connectivity index (χ1v) is 12.5. The average Bonchev–Trinajstić information content (AvgIpc) is 3.50. The number of benzene rings is 1.